The van der Waals surface area contributed by atoms with Crippen LogP contribution in [-0.4, -0.2) is 49.5 Å². The molecule has 1 aromatic carbocycles. The molecule has 1 fully saturated rings. The highest BCUT2D eigenvalue weighted by Crippen LogP contribution is 2.33. The van der Waals surface area contributed by atoms with E-state index in [0.29, 0.717) is 13.0 Å². The number of hydrogen-bond acceptors (Lipinski definition) is 3. The Kier molecular flexibility index (Phi) is 10.0. The summed E-state index contributed by atoms with van der Waals surface area (Å²) >= 11 is 0. The Labute approximate surface area is 183 Å². The number of aliphatic hydroxyl groups excluding tert-OH is 1. The highest BCUT2D eigenvalue weighted by molar-refractivity contribution is 6.73. The fourth-order valence-electron chi connectivity index (χ4n) is 4.43. The molecule has 0 radical (unpaired) electrons. The summed E-state index contributed by atoms with van der Waals surface area (Å²) < 4.78 is 6.90. The second-order valence-corrected chi connectivity index (χ2v) is 12.9. The third-order valence-electron chi connectivity index (χ3n) is 6.64. The molecular formula is C25H39NO3Si. The normalized spacial score (nSPS) is 19.8. The maximum atomic E-state index is 12.5. The largest absolute Gasteiger partial charge is 0.410 e. The predicted octanol–water partition coefficient (Wildman–Crippen LogP) is 5.27. The summed E-state index contributed by atoms with van der Waals surface area (Å²) in [7, 11) is -1.89. The summed E-state index contributed by atoms with van der Waals surface area (Å²) in [4.78, 5) is 14.5. The van der Waals surface area contributed by atoms with Crippen LogP contribution in [0.3, 0.4) is 0 Å². The van der Waals surface area contributed by atoms with Crippen LogP contribution in [0.25, 0.3) is 6.08 Å². The monoisotopic (exact) mass is 429 g/mol. The lowest BCUT2D eigenvalue weighted by molar-refractivity contribution is -0.129. The molecule has 1 saturated heterocycles. The van der Waals surface area contributed by atoms with Gasteiger partial charge in [-0.3, -0.25) is 4.79 Å². The Morgan fingerprint density at radius 3 is 2.43 bits per heavy atom. The van der Waals surface area contributed by atoms with Gasteiger partial charge < -0.3 is 14.4 Å². The lowest BCUT2D eigenvalue weighted by atomic mass is 9.91. The highest BCUT2D eigenvalue weighted by atomic mass is 28.4. The minimum Gasteiger partial charge on any atom is -0.410 e. The topological polar surface area (TPSA) is 49.8 Å². The number of nitrogens with zero attached hydrogens (tertiary/aromatic N) is 1. The predicted molar refractivity (Wildman–Crippen MR) is 128 cm³/mol. The second kappa shape index (κ2) is 12.2. The number of rotatable bonds is 12. The van der Waals surface area contributed by atoms with Crippen LogP contribution < -0.4 is 0 Å². The van der Waals surface area contributed by atoms with Gasteiger partial charge in [-0.25, -0.2) is 0 Å². The minimum absolute atomic E-state index is 0.00129. The van der Waals surface area contributed by atoms with Crippen molar-refractivity contribution in [1.29, 1.82) is 0 Å². The number of hydrogen-bond donors (Lipinski definition) is 1. The molecule has 0 spiro atoms. The highest BCUT2D eigenvalue weighted by Gasteiger charge is 2.41. The van der Waals surface area contributed by atoms with E-state index in [2.05, 4.69) is 45.1 Å². The Morgan fingerprint density at radius 2 is 1.87 bits per heavy atom. The first-order valence-corrected chi connectivity index (χ1v) is 14.0. The zero-order valence-corrected chi connectivity index (χ0v) is 20.1. The van der Waals surface area contributed by atoms with E-state index in [9.17, 15) is 9.90 Å². The third-order valence-corrected chi connectivity index (χ3v) is 11.3. The van der Waals surface area contributed by atoms with Gasteiger partial charge in [0.1, 0.15) is 0 Å². The van der Waals surface area contributed by atoms with E-state index < -0.39 is 8.32 Å². The summed E-state index contributed by atoms with van der Waals surface area (Å²) in [5.74, 6) is 0.0468. The second-order valence-electron chi connectivity index (χ2n) is 8.16. The van der Waals surface area contributed by atoms with E-state index >= 15 is 0 Å². The van der Waals surface area contributed by atoms with Crippen molar-refractivity contribution in [2.75, 3.05) is 13.2 Å². The molecule has 30 heavy (non-hydrogen) atoms. The van der Waals surface area contributed by atoms with Gasteiger partial charge in [-0.05, 0) is 37.0 Å². The van der Waals surface area contributed by atoms with Gasteiger partial charge in [-0.15, -0.1) is 0 Å². The molecule has 2 rings (SSSR count). The van der Waals surface area contributed by atoms with Crippen LogP contribution in [0, 0.1) is 5.92 Å². The van der Waals surface area contributed by atoms with Gasteiger partial charge in [0.05, 0.1) is 12.7 Å². The van der Waals surface area contributed by atoms with Crippen molar-refractivity contribution in [3.63, 3.8) is 0 Å². The molecule has 4 nitrogen and oxygen atoms in total. The number of likely N-dealkylation sites (tertiary alicyclic amines) is 1. The van der Waals surface area contributed by atoms with Crippen LogP contribution in [0.4, 0.5) is 0 Å². The van der Waals surface area contributed by atoms with Gasteiger partial charge in [0, 0.05) is 24.9 Å². The third kappa shape index (κ3) is 6.16. The van der Waals surface area contributed by atoms with Crippen LogP contribution >= 0.6 is 0 Å². The zero-order valence-electron chi connectivity index (χ0n) is 19.1. The van der Waals surface area contributed by atoms with Gasteiger partial charge in [0.2, 0.25) is 5.91 Å². The van der Waals surface area contributed by atoms with Crippen molar-refractivity contribution in [3.8, 4) is 0 Å². The number of carbonyl (C=O) groups is 1. The van der Waals surface area contributed by atoms with E-state index in [-0.39, 0.29) is 30.6 Å². The number of aliphatic hydroxyl groups is 1. The molecule has 3 atom stereocenters. The number of carbonyl (C=O) groups excluding carboxylic acids is 1. The number of allylic oxidation sites excluding steroid dienone is 1. The molecule has 0 bridgehead atoms. The standard InChI is InChI=1S/C25H39NO3Si/c1-5-9-19-26-23(16-18-25(26)28)22(20-27)24(29-30(6-2,7-3)8-4)17-15-21-13-11-10-12-14-21/h5,9-15,17,22-24,27H,6-8,16,18-20H2,1-4H3/b9-5+,17-15+/t22-,23+,24-/m1/s1. The lowest BCUT2D eigenvalue weighted by Gasteiger charge is -2.39. The van der Waals surface area contributed by atoms with Crippen molar-refractivity contribution >= 4 is 20.3 Å². The van der Waals surface area contributed by atoms with Crippen LogP contribution in [0.15, 0.2) is 48.6 Å². The average molecular weight is 430 g/mol. The van der Waals surface area contributed by atoms with E-state index in [0.717, 1.165) is 30.1 Å². The molecule has 0 aliphatic carbocycles. The maximum Gasteiger partial charge on any atom is 0.223 e. The van der Waals surface area contributed by atoms with Gasteiger partial charge in [-0.1, -0.05) is 75.4 Å². The van der Waals surface area contributed by atoms with Crippen molar-refractivity contribution < 1.29 is 14.3 Å². The fraction of sp³-hybridized carbons (Fsp3) is 0.560. The van der Waals surface area contributed by atoms with E-state index in [1.165, 1.54) is 0 Å². The van der Waals surface area contributed by atoms with Crippen LogP contribution in [0.2, 0.25) is 18.1 Å². The molecule has 1 N–H and O–H groups in total. The zero-order chi connectivity index (χ0) is 22.0. The van der Waals surface area contributed by atoms with Crippen LogP contribution in [0.5, 0.6) is 0 Å². The molecule has 1 aliphatic rings. The minimum atomic E-state index is -1.89. The summed E-state index contributed by atoms with van der Waals surface area (Å²) in [5.41, 5.74) is 1.12. The molecule has 1 amide bonds. The lowest BCUT2D eigenvalue weighted by Crippen LogP contribution is -2.49. The van der Waals surface area contributed by atoms with E-state index in [1.54, 1.807) is 0 Å². The van der Waals surface area contributed by atoms with E-state index in [4.69, 9.17) is 4.43 Å². The van der Waals surface area contributed by atoms with Crippen molar-refractivity contribution in [3.05, 3.63) is 54.1 Å². The van der Waals surface area contributed by atoms with Gasteiger partial charge in [0.25, 0.3) is 0 Å². The molecule has 1 aromatic rings. The molecule has 0 saturated carbocycles. The number of amides is 1. The van der Waals surface area contributed by atoms with Gasteiger partial charge in [-0.2, -0.15) is 0 Å². The first kappa shape index (κ1) is 24.6. The fourth-order valence-corrected chi connectivity index (χ4v) is 7.26. The van der Waals surface area contributed by atoms with Gasteiger partial charge in [0.15, 0.2) is 8.32 Å². The van der Waals surface area contributed by atoms with Crippen LogP contribution in [0.1, 0.15) is 46.1 Å². The van der Waals surface area contributed by atoms with Crippen molar-refractivity contribution in [1.82, 2.24) is 4.90 Å². The average Bonchev–Trinajstić information content (AvgIpc) is 3.15. The summed E-state index contributed by atoms with van der Waals surface area (Å²) in [6.07, 6.45) is 9.33. The van der Waals surface area contributed by atoms with Crippen molar-refractivity contribution in [2.45, 2.75) is 70.8 Å². The summed E-state index contributed by atoms with van der Waals surface area (Å²) in [6.45, 7) is 9.25. The molecule has 1 aliphatic heterocycles. The summed E-state index contributed by atoms with van der Waals surface area (Å²) in [6, 6.07) is 13.4. The maximum absolute atomic E-state index is 12.5. The molecular weight excluding hydrogens is 390 g/mol. The molecule has 0 unspecified atom stereocenters. The smallest absolute Gasteiger partial charge is 0.223 e. The molecule has 5 heteroatoms. The summed E-state index contributed by atoms with van der Waals surface area (Å²) in [5, 5.41) is 10.4. The first-order valence-electron chi connectivity index (χ1n) is 11.5. The first-order chi connectivity index (χ1) is 14.5. The molecule has 166 valence electrons. The van der Waals surface area contributed by atoms with E-state index in [1.807, 2.05) is 42.2 Å². The van der Waals surface area contributed by atoms with Crippen molar-refractivity contribution in [2.24, 2.45) is 5.92 Å². The van der Waals surface area contributed by atoms with Gasteiger partial charge >= 0.3 is 0 Å². The van der Waals surface area contributed by atoms with Crippen LogP contribution in [-0.2, 0) is 9.22 Å². The Hall–Kier alpha value is -1.69. The number of benzene rings is 1. The molecule has 1 heterocycles. The Bertz CT molecular complexity index is 691. The SMILES string of the molecule is C/C=C/CN1C(=O)CC[C@H]1[C@@H](CO)[C@@H](/C=C/c1ccccc1)O[Si](CC)(CC)CC. The quantitative estimate of drug-likeness (QED) is 0.364. The molecule has 0 aromatic heterocycles. The Balaban J connectivity index is 2.36. The Morgan fingerprint density at radius 1 is 1.20 bits per heavy atom.